The first-order valence-electron chi connectivity index (χ1n) is 3.31. The van der Waals surface area contributed by atoms with Crippen LogP contribution in [-0.4, -0.2) is 51.7 Å². The van der Waals surface area contributed by atoms with E-state index >= 15 is 0 Å². The van der Waals surface area contributed by atoms with Gasteiger partial charge in [0, 0.05) is 4.90 Å². The standard InChI is InChI=1S/C8H6O4S.Na.H/c9-7(10)4-1-5(8(11)12)3-6(13)2-4;;/h1-3,13H,(H,9,10)(H,11,12);;. The van der Waals surface area contributed by atoms with Crippen molar-refractivity contribution in [3.05, 3.63) is 29.3 Å². The maximum absolute atomic E-state index is 10.5. The Morgan fingerprint density at radius 1 is 1.00 bits per heavy atom. The number of rotatable bonds is 2. The zero-order chi connectivity index (χ0) is 10.0. The van der Waals surface area contributed by atoms with Crippen LogP contribution >= 0.6 is 12.6 Å². The summed E-state index contributed by atoms with van der Waals surface area (Å²) in [6, 6.07) is 3.67. The monoisotopic (exact) mass is 222 g/mol. The van der Waals surface area contributed by atoms with Gasteiger partial charge in [-0.25, -0.2) is 9.59 Å². The Morgan fingerprint density at radius 2 is 1.36 bits per heavy atom. The van der Waals surface area contributed by atoms with E-state index in [-0.39, 0.29) is 40.7 Å². The molecule has 0 saturated heterocycles. The SMILES string of the molecule is O=C(O)c1cc(S)cc(C(=O)O)c1.[NaH]. The number of carboxylic acid groups (broad SMARTS) is 2. The van der Waals surface area contributed by atoms with E-state index in [1.165, 1.54) is 12.1 Å². The Morgan fingerprint density at radius 3 is 1.64 bits per heavy atom. The molecule has 4 nitrogen and oxygen atoms in total. The minimum atomic E-state index is -1.17. The van der Waals surface area contributed by atoms with Crippen LogP contribution in [0.5, 0.6) is 0 Å². The van der Waals surface area contributed by atoms with Gasteiger partial charge in [0.15, 0.2) is 0 Å². The molecule has 0 aliphatic rings. The molecule has 1 rings (SSSR count). The molecule has 2 N–H and O–H groups in total. The Kier molecular flexibility index (Phi) is 5.22. The fourth-order valence-corrected chi connectivity index (χ4v) is 1.14. The summed E-state index contributed by atoms with van der Waals surface area (Å²) in [5, 5.41) is 17.2. The van der Waals surface area contributed by atoms with Crippen molar-refractivity contribution in [3.63, 3.8) is 0 Å². The summed E-state index contributed by atoms with van der Waals surface area (Å²) in [6.45, 7) is 0. The van der Waals surface area contributed by atoms with E-state index < -0.39 is 11.9 Å². The second kappa shape index (κ2) is 5.41. The van der Waals surface area contributed by atoms with E-state index in [1.807, 2.05) is 0 Å². The molecule has 0 aromatic heterocycles. The maximum atomic E-state index is 10.5. The molecule has 0 atom stereocenters. The van der Waals surface area contributed by atoms with Crippen molar-refractivity contribution in [2.75, 3.05) is 0 Å². The van der Waals surface area contributed by atoms with Gasteiger partial charge in [-0.1, -0.05) is 0 Å². The first-order valence-corrected chi connectivity index (χ1v) is 3.76. The number of carboxylic acids is 2. The van der Waals surface area contributed by atoms with Crippen molar-refractivity contribution in [2.45, 2.75) is 4.90 Å². The van der Waals surface area contributed by atoms with Crippen molar-refractivity contribution in [1.82, 2.24) is 0 Å². The molecule has 0 bridgehead atoms. The minimum absolute atomic E-state index is 0. The first kappa shape index (κ1) is 13.5. The summed E-state index contributed by atoms with van der Waals surface area (Å²) >= 11 is 3.89. The number of hydrogen-bond donors (Lipinski definition) is 3. The van der Waals surface area contributed by atoms with Gasteiger partial charge in [-0.2, -0.15) is 0 Å². The van der Waals surface area contributed by atoms with Crippen LogP contribution < -0.4 is 0 Å². The molecule has 0 aliphatic carbocycles. The quantitative estimate of drug-likeness (QED) is 0.509. The third-order valence-electron chi connectivity index (χ3n) is 1.41. The molecule has 0 amide bonds. The first-order chi connectivity index (χ1) is 6.00. The van der Waals surface area contributed by atoms with E-state index in [0.717, 1.165) is 6.07 Å². The average molecular weight is 222 g/mol. The van der Waals surface area contributed by atoms with Gasteiger partial charge in [-0.3, -0.25) is 0 Å². The summed E-state index contributed by atoms with van der Waals surface area (Å²) in [6.07, 6.45) is 0. The summed E-state index contributed by atoms with van der Waals surface area (Å²) < 4.78 is 0. The van der Waals surface area contributed by atoms with Crippen molar-refractivity contribution in [2.24, 2.45) is 0 Å². The molecule has 14 heavy (non-hydrogen) atoms. The second-order valence-electron chi connectivity index (χ2n) is 2.38. The average Bonchev–Trinajstić information content (AvgIpc) is 2.03. The zero-order valence-corrected chi connectivity index (χ0v) is 7.28. The molecule has 1 aromatic carbocycles. The van der Waals surface area contributed by atoms with E-state index in [4.69, 9.17) is 10.2 Å². The topological polar surface area (TPSA) is 74.6 Å². The molecule has 0 saturated carbocycles. The molecule has 1 aromatic rings. The van der Waals surface area contributed by atoms with Crippen LogP contribution in [0.1, 0.15) is 20.7 Å². The van der Waals surface area contributed by atoms with Crippen LogP contribution in [0.3, 0.4) is 0 Å². The predicted octanol–water partition coefficient (Wildman–Crippen LogP) is 0.723. The Balaban J connectivity index is 0.00000169. The van der Waals surface area contributed by atoms with Gasteiger partial charge >= 0.3 is 41.5 Å². The number of aromatic carboxylic acids is 2. The third-order valence-corrected chi connectivity index (χ3v) is 1.67. The Bertz CT molecular complexity index is 345. The summed E-state index contributed by atoms with van der Waals surface area (Å²) in [4.78, 5) is 21.3. The van der Waals surface area contributed by atoms with Gasteiger partial charge in [0.2, 0.25) is 0 Å². The van der Waals surface area contributed by atoms with Crippen LogP contribution in [-0.2, 0) is 0 Å². The van der Waals surface area contributed by atoms with Gasteiger partial charge < -0.3 is 10.2 Å². The van der Waals surface area contributed by atoms with E-state index in [9.17, 15) is 9.59 Å². The van der Waals surface area contributed by atoms with E-state index in [0.29, 0.717) is 4.90 Å². The molecular formula is C8H7NaO4S. The second-order valence-corrected chi connectivity index (χ2v) is 2.90. The molecular weight excluding hydrogens is 215 g/mol. The third kappa shape index (κ3) is 3.34. The number of carbonyl (C=O) groups is 2. The fraction of sp³-hybridized carbons (Fsp3) is 0. The van der Waals surface area contributed by atoms with Gasteiger partial charge in [-0.05, 0) is 18.2 Å². The Labute approximate surface area is 108 Å². The van der Waals surface area contributed by atoms with Gasteiger partial charge in [0.05, 0.1) is 11.1 Å². The van der Waals surface area contributed by atoms with Crippen LogP contribution in [0.2, 0.25) is 0 Å². The van der Waals surface area contributed by atoms with Crippen LogP contribution in [0.25, 0.3) is 0 Å². The molecule has 6 heteroatoms. The van der Waals surface area contributed by atoms with Crippen molar-refractivity contribution < 1.29 is 19.8 Å². The summed E-state index contributed by atoms with van der Waals surface area (Å²) in [5.74, 6) is -2.34. The normalized spacial score (nSPS) is 8.93. The molecule has 0 unspecified atom stereocenters. The number of thiol groups is 1. The number of benzene rings is 1. The van der Waals surface area contributed by atoms with E-state index in [1.54, 1.807) is 0 Å². The van der Waals surface area contributed by atoms with Crippen molar-refractivity contribution >= 4 is 54.1 Å². The predicted molar refractivity (Wildman–Crippen MR) is 54.8 cm³/mol. The Hall–Kier alpha value is -0.490. The molecule has 0 heterocycles. The molecule has 0 fully saturated rings. The molecule has 70 valence electrons. The van der Waals surface area contributed by atoms with Crippen LogP contribution in [0.4, 0.5) is 0 Å². The van der Waals surface area contributed by atoms with Crippen LogP contribution in [0.15, 0.2) is 23.1 Å². The molecule has 0 spiro atoms. The van der Waals surface area contributed by atoms with Crippen LogP contribution in [0, 0.1) is 0 Å². The van der Waals surface area contributed by atoms with Gasteiger partial charge in [-0.15, -0.1) is 12.6 Å². The zero-order valence-electron chi connectivity index (χ0n) is 6.39. The van der Waals surface area contributed by atoms with Gasteiger partial charge in [0.1, 0.15) is 0 Å². The summed E-state index contributed by atoms with van der Waals surface area (Å²) in [5.41, 5.74) is -0.158. The molecule has 0 aliphatic heterocycles. The van der Waals surface area contributed by atoms with E-state index in [2.05, 4.69) is 12.6 Å². The van der Waals surface area contributed by atoms with Crippen molar-refractivity contribution in [3.8, 4) is 0 Å². The molecule has 0 radical (unpaired) electrons. The van der Waals surface area contributed by atoms with Crippen molar-refractivity contribution in [1.29, 1.82) is 0 Å². The fourth-order valence-electron chi connectivity index (χ4n) is 0.858. The number of hydrogen-bond acceptors (Lipinski definition) is 3. The van der Waals surface area contributed by atoms with Gasteiger partial charge in [0.25, 0.3) is 0 Å². The summed E-state index contributed by atoms with van der Waals surface area (Å²) in [7, 11) is 0.